The first-order valence-corrected chi connectivity index (χ1v) is 8.32. The molecule has 0 saturated heterocycles. The van der Waals surface area contributed by atoms with E-state index < -0.39 is 10.0 Å². The van der Waals surface area contributed by atoms with Crippen LogP contribution in [0, 0.1) is 5.92 Å². The van der Waals surface area contributed by atoms with E-state index in [4.69, 9.17) is 17.3 Å². The molecule has 0 atom stereocenters. The summed E-state index contributed by atoms with van der Waals surface area (Å²) in [5, 5.41) is 0.376. The summed E-state index contributed by atoms with van der Waals surface area (Å²) in [6.07, 6.45) is 3.44. The third-order valence-electron chi connectivity index (χ3n) is 3.64. The molecule has 6 heteroatoms. The van der Waals surface area contributed by atoms with Crippen LogP contribution in [-0.2, 0) is 10.0 Å². The number of sulfonamides is 1. The Morgan fingerprint density at radius 3 is 2.58 bits per heavy atom. The van der Waals surface area contributed by atoms with Crippen LogP contribution in [0.4, 0.5) is 5.69 Å². The first-order valence-electron chi connectivity index (χ1n) is 6.50. The van der Waals surface area contributed by atoms with E-state index in [1.165, 1.54) is 28.9 Å². The minimum atomic E-state index is -3.47. The average molecular weight is 303 g/mol. The van der Waals surface area contributed by atoms with E-state index in [0.717, 1.165) is 12.8 Å². The Morgan fingerprint density at radius 2 is 2.11 bits per heavy atom. The third-order valence-corrected chi connectivity index (χ3v) is 5.93. The van der Waals surface area contributed by atoms with Gasteiger partial charge in [0.25, 0.3) is 0 Å². The van der Waals surface area contributed by atoms with Crippen LogP contribution in [0.15, 0.2) is 23.1 Å². The van der Waals surface area contributed by atoms with Gasteiger partial charge in [-0.2, -0.15) is 4.31 Å². The molecule has 4 nitrogen and oxygen atoms in total. The largest absolute Gasteiger partial charge is 0.397 e. The highest BCUT2D eigenvalue weighted by atomic mass is 35.5. The van der Waals surface area contributed by atoms with Crippen molar-refractivity contribution in [3.05, 3.63) is 23.2 Å². The van der Waals surface area contributed by atoms with Crippen molar-refractivity contribution in [1.82, 2.24) is 4.31 Å². The van der Waals surface area contributed by atoms with Crippen molar-refractivity contribution in [3.63, 3.8) is 0 Å². The lowest BCUT2D eigenvalue weighted by molar-refractivity contribution is 0.250. The van der Waals surface area contributed by atoms with E-state index in [9.17, 15) is 8.42 Å². The zero-order valence-electron chi connectivity index (χ0n) is 11.0. The number of hydrogen-bond donors (Lipinski definition) is 1. The van der Waals surface area contributed by atoms with Crippen molar-refractivity contribution in [3.8, 4) is 0 Å². The van der Waals surface area contributed by atoms with Crippen LogP contribution in [0.2, 0.25) is 5.02 Å². The molecule has 2 N–H and O–H groups in total. The van der Waals surface area contributed by atoms with Crippen molar-refractivity contribution >= 4 is 27.3 Å². The molecule has 0 aliphatic heterocycles. The Balaban J connectivity index is 2.25. The highest BCUT2D eigenvalue weighted by Crippen LogP contribution is 2.30. The predicted molar refractivity (Wildman–Crippen MR) is 77.6 cm³/mol. The number of nitrogens with two attached hydrogens (primary N) is 1. The molecule has 1 aromatic rings. The molecule has 1 aromatic carbocycles. The van der Waals surface area contributed by atoms with E-state index in [2.05, 4.69) is 0 Å². The van der Waals surface area contributed by atoms with Crippen LogP contribution in [0.25, 0.3) is 0 Å². The number of halogens is 1. The molecule has 0 amide bonds. The van der Waals surface area contributed by atoms with Crippen LogP contribution < -0.4 is 5.73 Å². The molecule has 0 unspecified atom stereocenters. The molecule has 0 aromatic heterocycles. The van der Waals surface area contributed by atoms with Gasteiger partial charge in [-0.3, -0.25) is 0 Å². The molecule has 106 valence electrons. The van der Waals surface area contributed by atoms with Crippen molar-refractivity contribution < 1.29 is 8.42 Å². The predicted octanol–water partition coefficient (Wildman–Crippen LogP) is 2.73. The highest BCUT2D eigenvalue weighted by Gasteiger charge is 2.28. The van der Waals surface area contributed by atoms with Gasteiger partial charge in [0.1, 0.15) is 0 Å². The number of nitrogens with zero attached hydrogens (tertiary/aromatic N) is 1. The quantitative estimate of drug-likeness (QED) is 0.851. The highest BCUT2D eigenvalue weighted by molar-refractivity contribution is 7.89. The molecule has 1 aliphatic rings. The molecule has 1 fully saturated rings. The zero-order chi connectivity index (χ0) is 14.0. The maximum Gasteiger partial charge on any atom is 0.243 e. The fraction of sp³-hybridized carbons (Fsp3) is 0.538. The number of anilines is 1. The Morgan fingerprint density at radius 1 is 1.42 bits per heavy atom. The molecule has 1 saturated carbocycles. The van der Waals surface area contributed by atoms with Gasteiger partial charge in [0.05, 0.1) is 15.6 Å². The van der Waals surface area contributed by atoms with Crippen LogP contribution in [0.1, 0.15) is 26.2 Å². The third kappa shape index (κ3) is 3.04. The van der Waals surface area contributed by atoms with Crippen molar-refractivity contribution in [2.45, 2.75) is 31.1 Å². The first kappa shape index (κ1) is 14.6. The normalized spacial score (nSPS) is 16.6. The van der Waals surface area contributed by atoms with Gasteiger partial charge in [-0.15, -0.1) is 0 Å². The van der Waals surface area contributed by atoms with Crippen LogP contribution in [0.3, 0.4) is 0 Å². The summed E-state index contributed by atoms with van der Waals surface area (Å²) < 4.78 is 26.6. The lowest BCUT2D eigenvalue weighted by atomic mass is 9.85. The molecular formula is C13H19ClN2O2S. The molecular weight excluding hydrogens is 284 g/mol. The van der Waals surface area contributed by atoms with Crippen LogP contribution >= 0.6 is 11.6 Å². The van der Waals surface area contributed by atoms with Crippen molar-refractivity contribution in [2.24, 2.45) is 5.92 Å². The molecule has 19 heavy (non-hydrogen) atoms. The Bertz CT molecular complexity index is 556. The molecule has 0 radical (unpaired) electrons. The lowest BCUT2D eigenvalue weighted by Gasteiger charge is -2.31. The number of nitrogen functional groups attached to an aromatic ring is 1. The van der Waals surface area contributed by atoms with Crippen molar-refractivity contribution in [1.29, 1.82) is 0 Å². The first-order chi connectivity index (χ1) is 8.95. The van der Waals surface area contributed by atoms with E-state index in [1.54, 1.807) is 0 Å². The van der Waals surface area contributed by atoms with Gasteiger partial charge in [0, 0.05) is 13.1 Å². The fourth-order valence-electron chi connectivity index (χ4n) is 2.19. The second kappa shape index (κ2) is 5.69. The maximum absolute atomic E-state index is 12.5. The van der Waals surface area contributed by atoms with E-state index in [1.807, 2.05) is 6.92 Å². The minimum absolute atomic E-state index is 0.218. The van der Waals surface area contributed by atoms with Crippen molar-refractivity contribution in [2.75, 3.05) is 18.8 Å². The molecule has 1 aliphatic carbocycles. The topological polar surface area (TPSA) is 63.4 Å². The number of rotatable bonds is 5. The van der Waals surface area contributed by atoms with Gasteiger partial charge in [0.15, 0.2) is 0 Å². The van der Waals surface area contributed by atoms with Gasteiger partial charge in [0.2, 0.25) is 10.0 Å². The molecule has 2 rings (SSSR count). The van der Waals surface area contributed by atoms with Crippen LogP contribution in [-0.4, -0.2) is 25.8 Å². The number of hydrogen-bond acceptors (Lipinski definition) is 3. The van der Waals surface area contributed by atoms with Gasteiger partial charge in [-0.25, -0.2) is 8.42 Å². The summed E-state index contributed by atoms with van der Waals surface area (Å²) in [6.45, 7) is 2.93. The minimum Gasteiger partial charge on any atom is -0.397 e. The maximum atomic E-state index is 12.5. The summed E-state index contributed by atoms with van der Waals surface area (Å²) in [5.74, 6) is 0.499. The number of benzene rings is 1. The molecule has 0 heterocycles. The van der Waals surface area contributed by atoms with Gasteiger partial charge >= 0.3 is 0 Å². The smallest absolute Gasteiger partial charge is 0.243 e. The zero-order valence-corrected chi connectivity index (χ0v) is 12.5. The Hall–Kier alpha value is -0.780. The second-order valence-electron chi connectivity index (χ2n) is 4.94. The van der Waals surface area contributed by atoms with E-state index >= 15 is 0 Å². The summed E-state index contributed by atoms with van der Waals surface area (Å²) in [6, 6.07) is 4.47. The summed E-state index contributed by atoms with van der Waals surface area (Å²) in [4.78, 5) is 0.218. The van der Waals surface area contributed by atoms with Crippen LogP contribution in [0.5, 0.6) is 0 Å². The van der Waals surface area contributed by atoms with Gasteiger partial charge in [-0.1, -0.05) is 24.9 Å². The van der Waals surface area contributed by atoms with E-state index in [0.29, 0.717) is 29.7 Å². The summed E-state index contributed by atoms with van der Waals surface area (Å²) >= 11 is 5.83. The Kier molecular flexibility index (Phi) is 4.38. The van der Waals surface area contributed by atoms with E-state index in [-0.39, 0.29) is 4.90 Å². The fourth-order valence-corrected chi connectivity index (χ4v) is 3.87. The summed E-state index contributed by atoms with van der Waals surface area (Å²) in [7, 11) is -3.47. The molecule has 0 spiro atoms. The average Bonchev–Trinajstić information content (AvgIpc) is 2.31. The van der Waals surface area contributed by atoms with Gasteiger partial charge in [-0.05, 0) is 37.0 Å². The monoisotopic (exact) mass is 302 g/mol. The second-order valence-corrected chi connectivity index (χ2v) is 7.28. The van der Waals surface area contributed by atoms with Gasteiger partial charge < -0.3 is 5.73 Å². The Labute approximate surface area is 119 Å². The summed E-state index contributed by atoms with van der Waals surface area (Å²) in [5.41, 5.74) is 5.98. The molecule has 0 bridgehead atoms. The standard InChI is InChI=1S/C13H19ClN2O2S/c1-2-16(9-10-4-3-5-10)19(17,18)11-6-7-12(14)13(15)8-11/h6-8,10H,2-5,9,15H2,1H3. The lowest BCUT2D eigenvalue weighted by Crippen LogP contribution is -2.37. The SMILES string of the molecule is CCN(CC1CCC1)S(=O)(=O)c1ccc(Cl)c(N)c1.